The molecule has 0 aliphatic heterocycles. The number of fused-ring (bicyclic) bond motifs is 1. The average Bonchev–Trinajstić information content (AvgIpc) is 3.61. The van der Waals surface area contributed by atoms with E-state index in [-0.39, 0.29) is 16.9 Å². The van der Waals surface area contributed by atoms with Crippen molar-refractivity contribution in [3.8, 4) is 28.4 Å². The first kappa shape index (κ1) is 27.6. The van der Waals surface area contributed by atoms with E-state index in [4.69, 9.17) is 9.84 Å². The van der Waals surface area contributed by atoms with E-state index >= 15 is 4.39 Å². The molecule has 6 aromatic rings. The number of pyridine rings is 2. The number of benzene rings is 2. The number of ether oxygens (including phenoxy) is 1. The normalized spacial score (nSPS) is 11.5. The third kappa shape index (κ3) is 6.05. The van der Waals surface area contributed by atoms with E-state index in [0.717, 1.165) is 27.8 Å². The van der Waals surface area contributed by atoms with Gasteiger partial charge in [-0.2, -0.15) is 10.2 Å². The predicted molar refractivity (Wildman–Crippen MR) is 163 cm³/mol. The Kier molecular flexibility index (Phi) is 7.06. The summed E-state index contributed by atoms with van der Waals surface area (Å²) in [7, 11) is 1.82. The molecule has 2 amide bonds. The van der Waals surface area contributed by atoms with Gasteiger partial charge in [0, 0.05) is 60.2 Å². The number of halogens is 1. The molecule has 0 bridgehead atoms. The highest BCUT2D eigenvalue weighted by Gasteiger charge is 2.22. The van der Waals surface area contributed by atoms with Gasteiger partial charge in [-0.25, -0.2) is 13.9 Å². The van der Waals surface area contributed by atoms with Crippen LogP contribution in [0.4, 0.5) is 20.7 Å². The summed E-state index contributed by atoms with van der Waals surface area (Å²) in [6, 6.07) is 18.4. The van der Waals surface area contributed by atoms with Crippen molar-refractivity contribution in [1.82, 2.24) is 29.5 Å². The number of aromatic nitrogens is 6. The van der Waals surface area contributed by atoms with Crippen LogP contribution in [0, 0.1) is 5.82 Å². The molecule has 4 heterocycles. The monoisotopic (exact) mass is 576 g/mol. The van der Waals surface area contributed by atoms with Crippen LogP contribution in [-0.4, -0.2) is 35.6 Å². The molecule has 4 aromatic heterocycles. The highest BCUT2D eigenvalue weighted by atomic mass is 19.1. The summed E-state index contributed by atoms with van der Waals surface area (Å²) in [5.74, 6) is 0.540. The lowest BCUT2D eigenvalue weighted by Crippen LogP contribution is -2.22. The molecule has 2 N–H and O–H groups in total. The smallest absolute Gasteiger partial charge is 0.324 e. The molecule has 10 nitrogen and oxygen atoms in total. The predicted octanol–water partition coefficient (Wildman–Crippen LogP) is 7.09. The van der Waals surface area contributed by atoms with Gasteiger partial charge in [-0.3, -0.25) is 20.0 Å². The van der Waals surface area contributed by atoms with Crippen molar-refractivity contribution >= 4 is 28.4 Å². The van der Waals surface area contributed by atoms with Crippen molar-refractivity contribution in [2.75, 3.05) is 10.6 Å². The lowest BCUT2D eigenvalue weighted by atomic mass is 9.92. The molecular weight excluding hydrogens is 547 g/mol. The van der Waals surface area contributed by atoms with Gasteiger partial charge >= 0.3 is 6.03 Å². The first-order valence-electron chi connectivity index (χ1n) is 13.6. The fourth-order valence-electron chi connectivity index (χ4n) is 4.48. The molecule has 216 valence electrons. The molecule has 0 radical (unpaired) electrons. The Morgan fingerprint density at radius 1 is 0.930 bits per heavy atom. The van der Waals surface area contributed by atoms with Crippen LogP contribution in [0.3, 0.4) is 0 Å². The Hall–Kier alpha value is -5.58. The molecule has 0 aliphatic rings. The van der Waals surface area contributed by atoms with Crippen LogP contribution < -0.4 is 15.4 Å². The number of hydrogen-bond acceptors (Lipinski definition) is 6. The third-order valence-electron chi connectivity index (χ3n) is 6.71. The molecule has 0 saturated heterocycles. The van der Waals surface area contributed by atoms with Crippen LogP contribution >= 0.6 is 0 Å². The second kappa shape index (κ2) is 11.0. The summed E-state index contributed by atoms with van der Waals surface area (Å²) in [5.41, 5.74) is 3.61. The van der Waals surface area contributed by atoms with Gasteiger partial charge in [0.25, 0.3) is 0 Å². The fourth-order valence-corrected chi connectivity index (χ4v) is 4.48. The van der Waals surface area contributed by atoms with Gasteiger partial charge in [-0.15, -0.1) is 0 Å². The van der Waals surface area contributed by atoms with Crippen LogP contribution in [0.25, 0.3) is 27.8 Å². The molecule has 0 atom stereocenters. The van der Waals surface area contributed by atoms with Crippen LogP contribution in [-0.2, 0) is 12.5 Å². The van der Waals surface area contributed by atoms with E-state index in [2.05, 4.69) is 25.7 Å². The van der Waals surface area contributed by atoms with Crippen molar-refractivity contribution in [3.63, 3.8) is 0 Å². The SMILES string of the molecule is Cn1cc(-c2cc(Oc3ccc(NC(=O)Nc4cc(C(C)(C)C)nn4-c4ccc5ncccc5c4)c(F)c3)ccn2)cn1. The maximum absolute atomic E-state index is 15.1. The molecule has 43 heavy (non-hydrogen) atoms. The highest BCUT2D eigenvalue weighted by molar-refractivity contribution is 5.99. The first-order valence-corrected chi connectivity index (χ1v) is 13.6. The number of carbonyl (C=O) groups is 1. The summed E-state index contributed by atoms with van der Waals surface area (Å²) < 4.78 is 24.3. The third-order valence-corrected chi connectivity index (χ3v) is 6.71. The number of carbonyl (C=O) groups excluding carboxylic acids is 1. The maximum atomic E-state index is 15.1. The van der Waals surface area contributed by atoms with Gasteiger partial charge in [0.1, 0.15) is 23.1 Å². The Bertz CT molecular complexity index is 1960. The van der Waals surface area contributed by atoms with E-state index in [1.807, 2.05) is 70.4 Å². The topological polar surface area (TPSA) is 112 Å². The Labute approximate surface area is 247 Å². The zero-order chi connectivity index (χ0) is 30.1. The molecule has 0 aliphatic carbocycles. The lowest BCUT2D eigenvalue weighted by Gasteiger charge is -2.14. The van der Waals surface area contributed by atoms with Gasteiger partial charge in [0.2, 0.25) is 0 Å². The number of hydrogen-bond donors (Lipinski definition) is 2. The second-order valence-corrected chi connectivity index (χ2v) is 11.1. The van der Waals surface area contributed by atoms with E-state index < -0.39 is 11.8 Å². The number of urea groups is 1. The lowest BCUT2D eigenvalue weighted by molar-refractivity contribution is 0.262. The molecule has 2 aromatic carbocycles. The van der Waals surface area contributed by atoms with Crippen LogP contribution in [0.5, 0.6) is 11.5 Å². The molecule has 6 rings (SSSR count). The van der Waals surface area contributed by atoms with Crippen molar-refractivity contribution in [2.24, 2.45) is 7.05 Å². The van der Waals surface area contributed by atoms with Crippen molar-refractivity contribution in [1.29, 1.82) is 0 Å². The summed E-state index contributed by atoms with van der Waals surface area (Å²) >= 11 is 0. The van der Waals surface area contributed by atoms with E-state index in [1.54, 1.807) is 46.2 Å². The molecule has 0 fully saturated rings. The number of aryl methyl sites for hydroxylation is 1. The van der Waals surface area contributed by atoms with Crippen molar-refractivity contribution < 1.29 is 13.9 Å². The molecule has 0 spiro atoms. The molecule has 0 saturated carbocycles. The summed E-state index contributed by atoms with van der Waals surface area (Å²) in [4.78, 5) is 21.8. The van der Waals surface area contributed by atoms with Crippen LogP contribution in [0.2, 0.25) is 0 Å². The fraction of sp³-hybridized carbons (Fsp3) is 0.156. The Balaban J connectivity index is 1.19. The standard InChI is InChI=1S/C32H29FN8O2/c1-32(2,3)29-17-30(41(39-29)22-7-9-26-20(14-22)6-5-12-34-26)38-31(42)37-27-10-8-23(15-25(27)33)43-24-11-13-35-28(16-24)21-18-36-40(4)19-21/h5-19H,1-4H3,(H2,37,38,42). The summed E-state index contributed by atoms with van der Waals surface area (Å²) in [6.45, 7) is 6.12. The Morgan fingerprint density at radius 2 is 1.77 bits per heavy atom. The molecule has 0 unspecified atom stereocenters. The van der Waals surface area contributed by atoms with E-state index in [1.165, 1.54) is 12.1 Å². The van der Waals surface area contributed by atoms with Gasteiger partial charge in [0.05, 0.1) is 34.5 Å². The number of amides is 2. The van der Waals surface area contributed by atoms with Gasteiger partial charge in [-0.05, 0) is 42.5 Å². The van der Waals surface area contributed by atoms with Gasteiger partial charge in [-0.1, -0.05) is 26.8 Å². The first-order chi connectivity index (χ1) is 20.6. The minimum Gasteiger partial charge on any atom is -0.457 e. The molecule has 11 heteroatoms. The van der Waals surface area contributed by atoms with Gasteiger partial charge in [0.15, 0.2) is 0 Å². The largest absolute Gasteiger partial charge is 0.457 e. The zero-order valence-electron chi connectivity index (χ0n) is 24.0. The minimum atomic E-state index is -0.653. The maximum Gasteiger partial charge on any atom is 0.324 e. The minimum absolute atomic E-state index is 0.00508. The summed E-state index contributed by atoms with van der Waals surface area (Å²) in [6.07, 6.45) is 6.89. The molecular formula is C32H29FN8O2. The van der Waals surface area contributed by atoms with Gasteiger partial charge < -0.3 is 10.1 Å². The van der Waals surface area contributed by atoms with Crippen molar-refractivity contribution in [3.05, 3.63) is 103 Å². The average molecular weight is 577 g/mol. The van der Waals surface area contributed by atoms with E-state index in [0.29, 0.717) is 17.3 Å². The Morgan fingerprint density at radius 3 is 2.53 bits per heavy atom. The highest BCUT2D eigenvalue weighted by Crippen LogP contribution is 2.30. The van der Waals surface area contributed by atoms with Crippen molar-refractivity contribution in [2.45, 2.75) is 26.2 Å². The second-order valence-electron chi connectivity index (χ2n) is 11.1. The van der Waals surface area contributed by atoms with Crippen LogP contribution in [0.15, 0.2) is 91.5 Å². The zero-order valence-corrected chi connectivity index (χ0v) is 24.0. The number of nitrogens with one attached hydrogen (secondary N) is 2. The van der Waals surface area contributed by atoms with E-state index in [9.17, 15) is 4.79 Å². The number of nitrogens with zero attached hydrogens (tertiary/aromatic N) is 6. The quantitative estimate of drug-likeness (QED) is 0.219. The number of anilines is 2. The number of rotatable bonds is 6. The summed E-state index contributed by atoms with van der Waals surface area (Å²) in [5, 5.41) is 15.3. The van der Waals surface area contributed by atoms with Crippen LogP contribution in [0.1, 0.15) is 26.5 Å².